The molecule has 0 saturated heterocycles. The number of aliphatic carboxylic acids is 2. The summed E-state index contributed by atoms with van der Waals surface area (Å²) in [5.74, 6) is -3.14. The highest BCUT2D eigenvalue weighted by Gasteiger charge is 2.20. The minimum atomic E-state index is -1.39. The Morgan fingerprint density at radius 3 is 2.21 bits per heavy atom. The second-order valence-corrected chi connectivity index (χ2v) is 4.18. The third kappa shape index (κ3) is 3.77. The Bertz CT molecular complexity index is 569. The van der Waals surface area contributed by atoms with Crippen molar-refractivity contribution in [2.75, 3.05) is 0 Å². The molecule has 1 aromatic carbocycles. The largest absolute Gasteiger partial charge is 0.478 e. The van der Waals surface area contributed by atoms with Crippen LogP contribution in [0, 0.1) is 6.92 Å². The maximum atomic E-state index is 11.9. The molecule has 0 spiro atoms. The van der Waals surface area contributed by atoms with Crippen LogP contribution in [0.4, 0.5) is 0 Å². The van der Waals surface area contributed by atoms with Crippen LogP contribution in [0.1, 0.15) is 29.3 Å². The van der Waals surface area contributed by atoms with Crippen molar-refractivity contribution in [1.82, 2.24) is 0 Å². The number of carboxylic acid groups (broad SMARTS) is 2. The molecule has 0 amide bonds. The van der Waals surface area contributed by atoms with Gasteiger partial charge in [0.2, 0.25) is 0 Å². The average Bonchev–Trinajstić information content (AvgIpc) is 2.34. The smallest absolute Gasteiger partial charge is 0.332 e. The Balaban J connectivity index is 3.06. The van der Waals surface area contributed by atoms with Crippen LogP contribution in [0.2, 0.25) is 0 Å². The summed E-state index contributed by atoms with van der Waals surface area (Å²) >= 11 is 0. The van der Waals surface area contributed by atoms with Crippen LogP contribution in [0.5, 0.6) is 0 Å². The average molecular weight is 262 g/mol. The van der Waals surface area contributed by atoms with Gasteiger partial charge in [0.05, 0.1) is 5.57 Å². The number of benzene rings is 1. The SMILES string of the molecule is C/C(C(=O)O)=C(/CC(=O)c1cccc(C)c1)C(=O)O. The van der Waals surface area contributed by atoms with Crippen molar-refractivity contribution < 1.29 is 24.6 Å². The molecule has 0 fully saturated rings. The van der Waals surface area contributed by atoms with Gasteiger partial charge >= 0.3 is 11.9 Å². The van der Waals surface area contributed by atoms with E-state index in [1.54, 1.807) is 18.2 Å². The molecule has 5 heteroatoms. The zero-order chi connectivity index (χ0) is 14.6. The molecule has 1 aromatic rings. The summed E-state index contributed by atoms with van der Waals surface area (Å²) in [6.07, 6.45) is -0.434. The summed E-state index contributed by atoms with van der Waals surface area (Å²) in [4.78, 5) is 33.7. The molecule has 0 aliphatic carbocycles. The summed E-state index contributed by atoms with van der Waals surface area (Å²) in [6.45, 7) is 2.99. The topological polar surface area (TPSA) is 91.7 Å². The second kappa shape index (κ2) is 5.95. The van der Waals surface area contributed by atoms with Crippen molar-refractivity contribution in [3.8, 4) is 0 Å². The van der Waals surface area contributed by atoms with E-state index in [0.29, 0.717) is 5.56 Å². The highest BCUT2D eigenvalue weighted by Crippen LogP contribution is 2.15. The van der Waals surface area contributed by atoms with E-state index in [1.807, 2.05) is 13.0 Å². The quantitative estimate of drug-likeness (QED) is 0.626. The minimum Gasteiger partial charge on any atom is -0.478 e. The Labute approximate surface area is 110 Å². The predicted molar refractivity (Wildman–Crippen MR) is 68.1 cm³/mol. The summed E-state index contributed by atoms with van der Waals surface area (Å²) in [5, 5.41) is 17.8. The Kier molecular flexibility index (Phi) is 4.58. The molecule has 0 aromatic heterocycles. The number of carbonyl (C=O) groups is 3. The van der Waals surface area contributed by atoms with E-state index in [9.17, 15) is 14.4 Å². The first-order valence-electron chi connectivity index (χ1n) is 5.59. The lowest BCUT2D eigenvalue weighted by molar-refractivity contribution is -0.135. The molecule has 0 aliphatic rings. The van der Waals surface area contributed by atoms with E-state index < -0.39 is 24.1 Å². The molecule has 2 N–H and O–H groups in total. The number of carboxylic acids is 2. The van der Waals surface area contributed by atoms with Gasteiger partial charge in [-0.1, -0.05) is 23.8 Å². The van der Waals surface area contributed by atoms with E-state index in [-0.39, 0.29) is 11.1 Å². The van der Waals surface area contributed by atoms with Gasteiger partial charge in [-0.3, -0.25) is 4.79 Å². The fourth-order valence-electron chi connectivity index (χ4n) is 1.58. The highest BCUT2D eigenvalue weighted by molar-refractivity contribution is 6.06. The van der Waals surface area contributed by atoms with Crippen molar-refractivity contribution in [3.63, 3.8) is 0 Å². The minimum absolute atomic E-state index is 0.325. The van der Waals surface area contributed by atoms with Crippen molar-refractivity contribution in [1.29, 1.82) is 0 Å². The van der Waals surface area contributed by atoms with E-state index in [2.05, 4.69) is 0 Å². The predicted octanol–water partition coefficient (Wildman–Crippen LogP) is 2.05. The standard InChI is InChI=1S/C14H14O5/c1-8-4-3-5-10(6-8)12(15)7-11(14(18)19)9(2)13(16)17/h3-6H,7H2,1-2H3,(H,16,17)(H,18,19)/b11-9+. The summed E-state index contributed by atoms with van der Waals surface area (Å²) in [6, 6.07) is 6.72. The number of hydrogen-bond donors (Lipinski definition) is 2. The van der Waals surface area contributed by atoms with E-state index in [1.165, 1.54) is 6.92 Å². The normalized spacial score (nSPS) is 11.7. The molecule has 100 valence electrons. The number of carbonyl (C=O) groups excluding carboxylic acids is 1. The number of hydrogen-bond acceptors (Lipinski definition) is 3. The molecular formula is C14H14O5. The molecule has 0 aliphatic heterocycles. The molecule has 5 nitrogen and oxygen atoms in total. The van der Waals surface area contributed by atoms with Crippen LogP contribution in [0.25, 0.3) is 0 Å². The van der Waals surface area contributed by atoms with Crippen molar-refractivity contribution >= 4 is 17.7 Å². The van der Waals surface area contributed by atoms with Gasteiger partial charge in [0.1, 0.15) is 0 Å². The maximum absolute atomic E-state index is 11.9. The van der Waals surface area contributed by atoms with Gasteiger partial charge in [-0.15, -0.1) is 0 Å². The maximum Gasteiger partial charge on any atom is 0.332 e. The molecule has 1 rings (SSSR count). The number of ketones is 1. The lowest BCUT2D eigenvalue weighted by atomic mass is 9.98. The Morgan fingerprint density at radius 2 is 1.74 bits per heavy atom. The second-order valence-electron chi connectivity index (χ2n) is 4.18. The van der Waals surface area contributed by atoms with Crippen LogP contribution in [0.15, 0.2) is 35.4 Å². The van der Waals surface area contributed by atoms with Crippen molar-refractivity contribution in [2.45, 2.75) is 20.3 Å². The van der Waals surface area contributed by atoms with Gasteiger partial charge in [-0.05, 0) is 19.9 Å². The summed E-state index contributed by atoms with van der Waals surface area (Å²) in [7, 11) is 0. The fraction of sp³-hybridized carbons (Fsp3) is 0.214. The van der Waals surface area contributed by atoms with Crippen LogP contribution in [-0.2, 0) is 9.59 Å². The van der Waals surface area contributed by atoms with Gasteiger partial charge in [0, 0.05) is 17.6 Å². The lowest BCUT2D eigenvalue weighted by Crippen LogP contribution is -2.13. The van der Waals surface area contributed by atoms with E-state index >= 15 is 0 Å². The van der Waals surface area contributed by atoms with Crippen LogP contribution in [-0.4, -0.2) is 27.9 Å². The van der Waals surface area contributed by atoms with E-state index in [0.717, 1.165) is 5.56 Å². The Hall–Kier alpha value is -2.43. The first-order valence-corrected chi connectivity index (χ1v) is 5.59. The third-order valence-corrected chi connectivity index (χ3v) is 2.71. The van der Waals surface area contributed by atoms with Crippen LogP contribution >= 0.6 is 0 Å². The van der Waals surface area contributed by atoms with Crippen LogP contribution < -0.4 is 0 Å². The first kappa shape index (κ1) is 14.6. The first-order chi connectivity index (χ1) is 8.82. The molecular weight excluding hydrogens is 248 g/mol. The molecule has 0 atom stereocenters. The molecule has 0 radical (unpaired) electrons. The van der Waals surface area contributed by atoms with Gasteiger partial charge in [-0.2, -0.15) is 0 Å². The van der Waals surface area contributed by atoms with Gasteiger partial charge in [-0.25, -0.2) is 9.59 Å². The summed E-state index contributed by atoms with van der Waals surface area (Å²) < 4.78 is 0. The van der Waals surface area contributed by atoms with E-state index in [4.69, 9.17) is 10.2 Å². The molecule has 0 saturated carbocycles. The van der Waals surface area contributed by atoms with Gasteiger partial charge in [0.15, 0.2) is 5.78 Å². The Morgan fingerprint density at radius 1 is 1.11 bits per heavy atom. The lowest BCUT2D eigenvalue weighted by Gasteiger charge is -2.05. The van der Waals surface area contributed by atoms with Crippen molar-refractivity contribution in [2.24, 2.45) is 0 Å². The van der Waals surface area contributed by atoms with Gasteiger partial charge < -0.3 is 10.2 Å². The third-order valence-electron chi connectivity index (χ3n) is 2.71. The highest BCUT2D eigenvalue weighted by atomic mass is 16.4. The summed E-state index contributed by atoms with van der Waals surface area (Å²) in [5.41, 5.74) is 0.533. The molecule has 19 heavy (non-hydrogen) atoms. The molecule has 0 bridgehead atoms. The van der Waals surface area contributed by atoms with Crippen LogP contribution in [0.3, 0.4) is 0 Å². The number of Topliss-reactive ketones (excluding diaryl/α,β-unsaturated/α-hetero) is 1. The fourth-order valence-corrected chi connectivity index (χ4v) is 1.58. The molecule has 0 heterocycles. The molecule has 0 unspecified atom stereocenters. The van der Waals surface area contributed by atoms with Gasteiger partial charge in [0.25, 0.3) is 0 Å². The zero-order valence-electron chi connectivity index (χ0n) is 10.6. The zero-order valence-corrected chi connectivity index (χ0v) is 10.6. The number of aryl methyl sites for hydroxylation is 1. The number of rotatable bonds is 5. The monoisotopic (exact) mass is 262 g/mol. The van der Waals surface area contributed by atoms with Crippen molar-refractivity contribution in [3.05, 3.63) is 46.5 Å².